The predicted molar refractivity (Wildman–Crippen MR) is 89.8 cm³/mol. The standard InChI is InChI=1S/C16H27N3O2.Cr.2H2O.2O/c1-5-7-9-20-15-12-14(19(3)4)16(11-13(15)18-17)21-10-8-6-2;;;;;/h11-12,15H,5-10H2,1-4H3;;2*1H2;;/q;+2;;;;/p-2. The zero-order valence-electron chi connectivity index (χ0n) is 15.8. The van der Waals surface area contributed by atoms with Crippen LogP contribution in [0.2, 0.25) is 0 Å². The fraction of sp³-hybridized carbons (Fsp3) is 0.688. The van der Waals surface area contributed by atoms with Gasteiger partial charge in [0.25, 0.3) is 0 Å². The van der Waals surface area contributed by atoms with Crippen LogP contribution in [0.3, 0.4) is 0 Å². The second-order valence-electron chi connectivity index (χ2n) is 5.77. The minimum absolute atomic E-state index is 0.322. The van der Waals surface area contributed by atoms with E-state index < -0.39 is 13.6 Å². The number of likely N-dealkylation sites (N-methyl/N-ethyl adjacent to an activating group) is 1. The second kappa shape index (κ2) is 12.8. The molecule has 1 rings (SSSR count). The van der Waals surface area contributed by atoms with Gasteiger partial charge in [0.05, 0.1) is 18.4 Å². The summed E-state index contributed by atoms with van der Waals surface area (Å²) >= 11 is -5.25. The number of hydrogen-bond acceptors (Lipinski definition) is 5. The summed E-state index contributed by atoms with van der Waals surface area (Å²) in [5.41, 5.74) is 10.6. The summed E-state index contributed by atoms with van der Waals surface area (Å²) in [5, 5.41) is 0. The predicted octanol–water partition coefficient (Wildman–Crippen LogP) is 1.65. The van der Waals surface area contributed by atoms with E-state index in [-0.39, 0.29) is 6.10 Å². The Balaban J connectivity index is 0.00000110. The van der Waals surface area contributed by atoms with E-state index in [1.165, 1.54) is 0 Å². The second-order valence-corrected chi connectivity index (χ2v) is 7.17. The van der Waals surface area contributed by atoms with E-state index >= 15 is 0 Å². The number of hydrogen-bond donors (Lipinski definition) is 2. The summed E-state index contributed by atoms with van der Waals surface area (Å²) in [5.74, 6) is 0.733. The molecule has 26 heavy (non-hydrogen) atoms. The molecule has 0 aromatic heterocycles. The number of unbranched alkanes of at least 4 members (excludes halogenated alkanes) is 2. The first-order chi connectivity index (χ1) is 12.1. The average Bonchev–Trinajstić information content (AvgIpc) is 2.54. The third-order valence-electron chi connectivity index (χ3n) is 3.28. The average molecular weight is 411 g/mol. The molecule has 0 fully saturated rings. The molecule has 150 valence electrons. The molecule has 1 atom stereocenters. The zero-order valence-corrected chi connectivity index (χ0v) is 17.0. The van der Waals surface area contributed by atoms with E-state index in [9.17, 15) is 5.53 Å². The molecule has 1 unspecified atom stereocenters. The Labute approximate surface area is 156 Å². The summed E-state index contributed by atoms with van der Waals surface area (Å²) in [7, 11) is 3.93. The fourth-order valence-corrected chi connectivity index (χ4v) is 1.99. The molecule has 0 aliphatic heterocycles. The van der Waals surface area contributed by atoms with E-state index in [1.807, 2.05) is 25.1 Å². The third kappa shape index (κ3) is 11.2. The van der Waals surface area contributed by atoms with Gasteiger partial charge < -0.3 is 19.9 Å². The first-order valence-electron chi connectivity index (χ1n) is 8.41. The van der Waals surface area contributed by atoms with E-state index in [1.54, 1.807) is 6.08 Å². The van der Waals surface area contributed by atoms with Crippen LogP contribution in [0, 0.1) is 0 Å². The summed E-state index contributed by atoms with van der Waals surface area (Å²) < 4.78 is 43.5. The van der Waals surface area contributed by atoms with Crippen LogP contribution in [0.25, 0.3) is 5.53 Å². The van der Waals surface area contributed by atoms with Crippen LogP contribution in [0.1, 0.15) is 39.5 Å². The van der Waals surface area contributed by atoms with Crippen molar-refractivity contribution in [3.05, 3.63) is 29.1 Å². The van der Waals surface area contributed by atoms with Crippen molar-refractivity contribution in [2.75, 3.05) is 27.3 Å². The molecule has 1 aliphatic rings. The van der Waals surface area contributed by atoms with Crippen molar-refractivity contribution in [3.8, 4) is 0 Å². The Hall–Kier alpha value is -1.53. The molecule has 0 radical (unpaired) electrons. The Morgan fingerprint density at radius 2 is 1.73 bits per heavy atom. The van der Waals surface area contributed by atoms with Gasteiger partial charge in [0.2, 0.25) is 0 Å². The molecule has 1 aliphatic carbocycles. The summed E-state index contributed by atoms with van der Waals surface area (Å²) in [6.07, 6.45) is 7.54. The van der Waals surface area contributed by atoms with Gasteiger partial charge in [-0.3, -0.25) is 0 Å². The first kappa shape index (κ1) is 24.5. The number of rotatable bonds is 9. The molecular formula is C16H29CrN3O6. The summed E-state index contributed by atoms with van der Waals surface area (Å²) in [6.45, 7) is 5.55. The monoisotopic (exact) mass is 411 g/mol. The Morgan fingerprint density at radius 3 is 2.19 bits per heavy atom. The van der Waals surface area contributed by atoms with E-state index in [0.29, 0.717) is 18.9 Å². The van der Waals surface area contributed by atoms with Gasteiger partial charge >= 0.3 is 35.2 Å². The van der Waals surface area contributed by atoms with Crippen molar-refractivity contribution in [2.45, 2.75) is 45.6 Å². The summed E-state index contributed by atoms with van der Waals surface area (Å²) in [4.78, 5) is 5.34. The van der Waals surface area contributed by atoms with Gasteiger partial charge in [0.15, 0.2) is 6.10 Å². The molecule has 0 heterocycles. The van der Waals surface area contributed by atoms with Crippen LogP contribution in [0.4, 0.5) is 0 Å². The van der Waals surface area contributed by atoms with Crippen LogP contribution in [-0.4, -0.2) is 57.1 Å². The van der Waals surface area contributed by atoms with Gasteiger partial charge in [0, 0.05) is 20.7 Å². The Morgan fingerprint density at radius 1 is 1.19 bits per heavy atom. The maximum atomic E-state index is 9.20. The molecule has 9 nitrogen and oxygen atoms in total. The topological polar surface area (TPSA) is 133 Å². The van der Waals surface area contributed by atoms with Crippen LogP contribution in [-0.2, 0) is 30.7 Å². The van der Waals surface area contributed by atoms with Crippen molar-refractivity contribution in [1.82, 2.24) is 4.90 Å². The molecule has 0 aromatic carbocycles. The minimum atomic E-state index is -5.25. The number of nitrogens with zero attached hydrogens (tertiary/aromatic N) is 3. The van der Waals surface area contributed by atoms with Gasteiger partial charge in [-0.2, -0.15) is 4.79 Å². The van der Waals surface area contributed by atoms with Crippen LogP contribution in [0.15, 0.2) is 23.6 Å². The fourth-order valence-electron chi connectivity index (χ4n) is 1.99. The SMILES string of the molecule is CCCCOC1=CC(=[N+]=[N-])C(OCCCC)C=C1N(C)C.[O]=[Cr](=[O])([OH])[OH]. The Kier molecular flexibility index (Phi) is 12.0. The van der Waals surface area contributed by atoms with Gasteiger partial charge in [-0.25, -0.2) is 0 Å². The Bertz CT molecular complexity index is 628. The third-order valence-corrected chi connectivity index (χ3v) is 3.28. The molecule has 0 saturated heterocycles. The van der Waals surface area contributed by atoms with Gasteiger partial charge in [-0.05, 0) is 18.9 Å². The maximum absolute atomic E-state index is 9.20. The van der Waals surface area contributed by atoms with E-state index in [2.05, 4.69) is 18.6 Å². The molecule has 0 aromatic rings. The van der Waals surface area contributed by atoms with Gasteiger partial charge in [-0.15, -0.1) is 0 Å². The van der Waals surface area contributed by atoms with Gasteiger partial charge in [0.1, 0.15) is 5.76 Å². The van der Waals surface area contributed by atoms with Gasteiger partial charge in [-0.1, -0.05) is 26.7 Å². The van der Waals surface area contributed by atoms with Crippen molar-refractivity contribution in [3.63, 3.8) is 0 Å². The molecule has 0 spiro atoms. The molecule has 10 heteroatoms. The first-order valence-corrected chi connectivity index (χ1v) is 10.6. The van der Waals surface area contributed by atoms with E-state index in [4.69, 9.17) is 25.4 Å². The molecular weight excluding hydrogens is 382 g/mol. The molecule has 0 saturated carbocycles. The van der Waals surface area contributed by atoms with E-state index in [0.717, 1.165) is 37.1 Å². The molecule has 0 amide bonds. The van der Waals surface area contributed by atoms with Crippen LogP contribution in [0.5, 0.6) is 0 Å². The van der Waals surface area contributed by atoms with Crippen molar-refractivity contribution in [1.29, 1.82) is 0 Å². The van der Waals surface area contributed by atoms with Crippen molar-refractivity contribution >= 4 is 5.71 Å². The van der Waals surface area contributed by atoms with Crippen molar-refractivity contribution < 1.29 is 43.8 Å². The number of ether oxygens (including phenoxy) is 2. The normalized spacial score (nSPS) is 16.7. The zero-order chi connectivity index (χ0) is 20.2. The quantitative estimate of drug-likeness (QED) is 0.335. The summed E-state index contributed by atoms with van der Waals surface area (Å²) in [6, 6.07) is 0. The van der Waals surface area contributed by atoms with Crippen LogP contribution < -0.4 is 0 Å². The van der Waals surface area contributed by atoms with Crippen LogP contribution >= 0.6 is 0 Å². The molecule has 0 bridgehead atoms. The van der Waals surface area contributed by atoms with Crippen molar-refractivity contribution in [2.24, 2.45) is 0 Å². The molecule has 2 N–H and O–H groups in total.